The number of rotatable bonds is 3. The third-order valence-electron chi connectivity index (χ3n) is 6.53. The average Bonchev–Trinajstić information content (AvgIpc) is 3.19. The summed E-state index contributed by atoms with van der Waals surface area (Å²) in [4.78, 5) is 33.0. The summed E-state index contributed by atoms with van der Waals surface area (Å²) in [7, 11) is 0. The van der Waals surface area contributed by atoms with E-state index in [2.05, 4.69) is 9.88 Å². The van der Waals surface area contributed by atoms with Crippen molar-refractivity contribution >= 4 is 6.09 Å². The third-order valence-corrected chi connectivity index (χ3v) is 6.53. The minimum absolute atomic E-state index is 0.0512. The molecule has 2 aromatic rings. The summed E-state index contributed by atoms with van der Waals surface area (Å²) in [5.41, 5.74) is 1.22. The van der Waals surface area contributed by atoms with Crippen LogP contribution in [0.3, 0.4) is 0 Å². The molecule has 0 unspecified atom stereocenters. The van der Waals surface area contributed by atoms with Gasteiger partial charge < -0.3 is 19.7 Å². The molecule has 1 aromatic heterocycles. The number of hydrogen-bond donors (Lipinski definition) is 2. The Bertz CT molecular complexity index is 1030. The number of piperazine rings is 1. The number of para-hydroxylation sites is 1. The van der Waals surface area contributed by atoms with Crippen LogP contribution >= 0.6 is 0 Å². The maximum atomic E-state index is 12.9. The molecule has 1 spiro atoms. The highest BCUT2D eigenvalue weighted by atomic mass is 16.6. The largest absolute Gasteiger partial charge is 0.507 e. The number of phenolic OH excluding ortho intramolecular Hbond substituents is 1. The number of nitrogens with one attached hydrogen (secondary N) is 1. The summed E-state index contributed by atoms with van der Waals surface area (Å²) in [5.74, 6) is 0.138. The van der Waals surface area contributed by atoms with Crippen LogP contribution in [-0.4, -0.2) is 56.8 Å². The van der Waals surface area contributed by atoms with Gasteiger partial charge in [0.05, 0.1) is 5.69 Å². The van der Waals surface area contributed by atoms with Crippen LogP contribution in [0, 0.1) is 0 Å². The Morgan fingerprint density at radius 1 is 1.19 bits per heavy atom. The number of pyridine rings is 1. The van der Waals surface area contributed by atoms with E-state index in [-0.39, 0.29) is 22.8 Å². The summed E-state index contributed by atoms with van der Waals surface area (Å²) in [6.07, 6.45) is 5.78. The second-order valence-electron chi connectivity index (χ2n) is 10.0. The van der Waals surface area contributed by atoms with Gasteiger partial charge >= 0.3 is 6.09 Å². The van der Waals surface area contributed by atoms with Gasteiger partial charge in [0.25, 0.3) is 0 Å². The molecule has 1 saturated carbocycles. The lowest BCUT2D eigenvalue weighted by molar-refractivity contribution is -0.0279. The van der Waals surface area contributed by atoms with Crippen molar-refractivity contribution in [3.63, 3.8) is 0 Å². The molecule has 1 aliphatic carbocycles. The van der Waals surface area contributed by atoms with Crippen molar-refractivity contribution < 1.29 is 14.6 Å². The topological polar surface area (TPSA) is 85.9 Å². The predicted molar refractivity (Wildman–Crippen MR) is 124 cm³/mol. The predicted octanol–water partition coefficient (Wildman–Crippen LogP) is 4.11. The van der Waals surface area contributed by atoms with Crippen LogP contribution in [0.25, 0.3) is 11.3 Å². The second-order valence-corrected chi connectivity index (χ2v) is 10.0. The Labute approximate surface area is 189 Å². The molecule has 2 N–H and O–H groups in total. The average molecular weight is 440 g/mol. The molecule has 172 valence electrons. The highest BCUT2D eigenvalue weighted by Gasteiger charge is 2.45. The Morgan fingerprint density at radius 2 is 1.91 bits per heavy atom. The number of phenols is 1. The van der Waals surface area contributed by atoms with Crippen LogP contribution in [-0.2, 0) is 11.3 Å². The van der Waals surface area contributed by atoms with Gasteiger partial charge in [-0.25, -0.2) is 4.79 Å². The number of aromatic amines is 1. The number of benzene rings is 1. The first-order valence-corrected chi connectivity index (χ1v) is 11.4. The highest BCUT2D eigenvalue weighted by Crippen LogP contribution is 2.39. The molecule has 7 heteroatoms. The molecular formula is C25H33N3O4. The van der Waals surface area contributed by atoms with E-state index in [1.807, 2.05) is 31.7 Å². The first kappa shape index (κ1) is 22.4. The van der Waals surface area contributed by atoms with E-state index in [0.29, 0.717) is 43.0 Å². The molecule has 32 heavy (non-hydrogen) atoms. The Balaban J connectivity index is 1.52. The highest BCUT2D eigenvalue weighted by molar-refractivity contribution is 5.68. The van der Waals surface area contributed by atoms with Crippen molar-refractivity contribution in [2.24, 2.45) is 0 Å². The lowest BCUT2D eigenvalue weighted by Gasteiger charge is -2.49. The van der Waals surface area contributed by atoms with Crippen LogP contribution in [0.2, 0.25) is 0 Å². The Morgan fingerprint density at radius 3 is 2.56 bits per heavy atom. The zero-order chi connectivity index (χ0) is 22.9. The fraction of sp³-hybridized carbons (Fsp3) is 0.520. The molecule has 0 radical (unpaired) electrons. The number of carbonyl (C=O) groups excluding carboxylic acids is 1. The molecule has 2 aliphatic rings. The molecule has 7 nitrogen and oxygen atoms in total. The molecule has 4 rings (SSSR count). The minimum atomic E-state index is -0.515. The van der Waals surface area contributed by atoms with E-state index < -0.39 is 5.60 Å². The number of nitrogens with zero attached hydrogens (tertiary/aromatic N) is 2. The number of aromatic nitrogens is 1. The fourth-order valence-electron chi connectivity index (χ4n) is 4.94. The smallest absolute Gasteiger partial charge is 0.410 e. The van der Waals surface area contributed by atoms with E-state index in [4.69, 9.17) is 4.74 Å². The summed E-state index contributed by atoms with van der Waals surface area (Å²) in [6, 6.07) is 8.53. The number of amides is 1. The molecular weight excluding hydrogens is 406 g/mol. The zero-order valence-electron chi connectivity index (χ0n) is 19.2. The molecule has 2 fully saturated rings. The van der Waals surface area contributed by atoms with Gasteiger partial charge in [-0.05, 0) is 45.7 Å². The number of H-pyrrole nitrogens is 1. The standard InChI is InChI=1S/C25H33N3O4/c1-24(2,3)32-23(31)27-12-13-28(25(17-27)10-6-7-11-25)16-18-15-26-20(14-22(18)30)19-8-4-5-9-21(19)29/h4-5,8-9,14-15,29H,6-7,10-13,16-17H2,1-3H3,(H,26,30). The lowest BCUT2D eigenvalue weighted by Crippen LogP contribution is -2.62. The first-order valence-electron chi connectivity index (χ1n) is 11.4. The number of carbonyl (C=O) groups is 1. The van der Waals surface area contributed by atoms with Gasteiger partial charge in [0.15, 0.2) is 5.43 Å². The zero-order valence-corrected chi connectivity index (χ0v) is 19.2. The molecule has 1 saturated heterocycles. The van der Waals surface area contributed by atoms with Crippen LogP contribution in [0.4, 0.5) is 4.79 Å². The third kappa shape index (κ3) is 4.67. The van der Waals surface area contributed by atoms with Gasteiger partial charge in [-0.3, -0.25) is 9.69 Å². The van der Waals surface area contributed by atoms with Crippen molar-refractivity contribution in [3.05, 3.63) is 52.3 Å². The van der Waals surface area contributed by atoms with Crippen molar-refractivity contribution in [2.75, 3.05) is 19.6 Å². The monoisotopic (exact) mass is 439 g/mol. The van der Waals surface area contributed by atoms with Crippen LogP contribution < -0.4 is 5.43 Å². The quantitative estimate of drug-likeness (QED) is 0.752. The van der Waals surface area contributed by atoms with Gasteiger partial charge in [-0.2, -0.15) is 0 Å². The maximum absolute atomic E-state index is 12.9. The van der Waals surface area contributed by atoms with E-state index >= 15 is 0 Å². The molecule has 0 bridgehead atoms. The second kappa shape index (κ2) is 8.62. The van der Waals surface area contributed by atoms with Gasteiger partial charge in [0.2, 0.25) is 0 Å². The normalized spacial score (nSPS) is 18.8. The molecule has 1 aromatic carbocycles. The van der Waals surface area contributed by atoms with Gasteiger partial charge in [-0.1, -0.05) is 25.0 Å². The number of hydrogen-bond acceptors (Lipinski definition) is 5. The molecule has 1 amide bonds. The number of ether oxygens (including phenoxy) is 1. The van der Waals surface area contributed by atoms with E-state index in [1.54, 1.807) is 30.5 Å². The van der Waals surface area contributed by atoms with Crippen molar-refractivity contribution in [1.29, 1.82) is 0 Å². The Hall–Kier alpha value is -2.80. The fourth-order valence-corrected chi connectivity index (χ4v) is 4.94. The van der Waals surface area contributed by atoms with Crippen molar-refractivity contribution in [3.8, 4) is 17.0 Å². The van der Waals surface area contributed by atoms with Crippen molar-refractivity contribution in [2.45, 2.75) is 64.1 Å². The maximum Gasteiger partial charge on any atom is 0.410 e. The summed E-state index contributed by atoms with van der Waals surface area (Å²) < 4.78 is 5.61. The molecule has 0 atom stereocenters. The van der Waals surface area contributed by atoms with E-state index in [9.17, 15) is 14.7 Å². The Kier molecular flexibility index (Phi) is 6.03. The first-order chi connectivity index (χ1) is 15.2. The SMILES string of the molecule is CC(C)(C)OC(=O)N1CCN(Cc2c[nH]c(-c3ccccc3O)cc2=O)C2(CCCC2)C1. The van der Waals surface area contributed by atoms with E-state index in [0.717, 1.165) is 25.7 Å². The summed E-state index contributed by atoms with van der Waals surface area (Å²) in [6.45, 7) is 8.13. The van der Waals surface area contributed by atoms with Gasteiger partial charge in [-0.15, -0.1) is 0 Å². The van der Waals surface area contributed by atoms with Gasteiger partial charge in [0, 0.05) is 55.1 Å². The van der Waals surface area contributed by atoms with Crippen molar-refractivity contribution in [1.82, 2.24) is 14.8 Å². The summed E-state index contributed by atoms with van der Waals surface area (Å²) in [5, 5.41) is 10.1. The molecule has 1 aliphatic heterocycles. The van der Waals surface area contributed by atoms with Crippen LogP contribution in [0.1, 0.15) is 52.0 Å². The van der Waals surface area contributed by atoms with Crippen LogP contribution in [0.15, 0.2) is 41.3 Å². The van der Waals surface area contributed by atoms with E-state index in [1.165, 1.54) is 0 Å². The minimum Gasteiger partial charge on any atom is -0.507 e. The van der Waals surface area contributed by atoms with Gasteiger partial charge in [0.1, 0.15) is 11.4 Å². The molecule has 2 heterocycles. The van der Waals surface area contributed by atoms with Crippen LogP contribution in [0.5, 0.6) is 5.75 Å². The lowest BCUT2D eigenvalue weighted by atomic mass is 9.91. The number of aromatic hydroxyl groups is 1. The summed E-state index contributed by atoms with van der Waals surface area (Å²) >= 11 is 0.